The number of hydrogen-bond donors (Lipinski definition) is 1. The first-order valence-corrected chi connectivity index (χ1v) is 7.42. The third kappa shape index (κ3) is 3.24. The summed E-state index contributed by atoms with van der Waals surface area (Å²) < 4.78 is 18.7. The molecule has 0 amide bonds. The third-order valence-electron chi connectivity index (χ3n) is 4.19. The summed E-state index contributed by atoms with van der Waals surface area (Å²) in [4.78, 5) is 0. The number of rotatable bonds is 5. The lowest BCUT2D eigenvalue weighted by atomic mass is 9.86. The van der Waals surface area contributed by atoms with Crippen molar-refractivity contribution in [1.29, 1.82) is 0 Å². The van der Waals surface area contributed by atoms with Gasteiger partial charge in [-0.3, -0.25) is 0 Å². The van der Waals surface area contributed by atoms with Crippen molar-refractivity contribution in [3.05, 3.63) is 65.5 Å². The van der Waals surface area contributed by atoms with Crippen molar-refractivity contribution in [2.24, 2.45) is 11.7 Å². The van der Waals surface area contributed by atoms with Crippen molar-refractivity contribution < 1.29 is 9.13 Å². The van der Waals surface area contributed by atoms with Gasteiger partial charge >= 0.3 is 0 Å². The van der Waals surface area contributed by atoms with Gasteiger partial charge in [-0.25, -0.2) is 4.39 Å². The maximum Gasteiger partial charge on any atom is 0.123 e. The summed E-state index contributed by atoms with van der Waals surface area (Å²) in [5.41, 5.74) is 8.36. The van der Waals surface area contributed by atoms with Crippen molar-refractivity contribution >= 4 is 0 Å². The summed E-state index contributed by atoms with van der Waals surface area (Å²) in [6.45, 7) is 1.37. The molecule has 3 heteroatoms. The molecule has 0 aliphatic carbocycles. The molecule has 0 saturated carbocycles. The summed E-state index contributed by atoms with van der Waals surface area (Å²) in [5, 5.41) is 0. The molecule has 0 saturated heterocycles. The SMILES string of the molecule is NCC(Cc1ccc(F)cc1)CC1COc2ccccc21. The molecule has 0 bridgehead atoms. The fourth-order valence-corrected chi connectivity index (χ4v) is 3.04. The summed E-state index contributed by atoms with van der Waals surface area (Å²) in [7, 11) is 0. The van der Waals surface area contributed by atoms with Crippen molar-refractivity contribution in [2.75, 3.05) is 13.2 Å². The number of ether oxygens (including phenoxy) is 1. The number of halogens is 1. The first-order valence-electron chi connectivity index (χ1n) is 7.42. The van der Waals surface area contributed by atoms with Crippen molar-refractivity contribution in [1.82, 2.24) is 0 Å². The molecule has 2 nitrogen and oxygen atoms in total. The van der Waals surface area contributed by atoms with Gasteiger partial charge in [0.25, 0.3) is 0 Å². The van der Waals surface area contributed by atoms with E-state index in [4.69, 9.17) is 10.5 Å². The maximum atomic E-state index is 13.0. The molecule has 1 aliphatic rings. The standard InChI is InChI=1S/C18H20FNO/c19-16-7-5-13(6-8-16)9-14(11-20)10-15-12-21-18-4-2-1-3-17(15)18/h1-8,14-15H,9-12,20H2. The number of fused-ring (bicyclic) bond motifs is 1. The van der Waals surface area contributed by atoms with Crippen LogP contribution in [0.4, 0.5) is 4.39 Å². The lowest BCUT2D eigenvalue weighted by Gasteiger charge is -2.18. The average molecular weight is 285 g/mol. The van der Waals surface area contributed by atoms with Gasteiger partial charge < -0.3 is 10.5 Å². The van der Waals surface area contributed by atoms with E-state index in [1.54, 1.807) is 0 Å². The van der Waals surface area contributed by atoms with Gasteiger partial charge in [-0.05, 0) is 49.1 Å². The van der Waals surface area contributed by atoms with Crippen LogP contribution in [0, 0.1) is 11.7 Å². The molecule has 110 valence electrons. The zero-order valence-electron chi connectivity index (χ0n) is 12.0. The van der Waals surface area contributed by atoms with Crippen LogP contribution in [0.25, 0.3) is 0 Å². The topological polar surface area (TPSA) is 35.2 Å². The Bertz CT molecular complexity index is 596. The molecule has 0 fully saturated rings. The monoisotopic (exact) mass is 285 g/mol. The van der Waals surface area contributed by atoms with Gasteiger partial charge in [0, 0.05) is 11.5 Å². The van der Waals surface area contributed by atoms with Gasteiger partial charge in [0.05, 0.1) is 6.61 Å². The second-order valence-electron chi connectivity index (χ2n) is 5.71. The van der Waals surface area contributed by atoms with E-state index in [0.717, 1.165) is 30.8 Å². The average Bonchev–Trinajstić information content (AvgIpc) is 2.92. The van der Waals surface area contributed by atoms with Crippen LogP contribution in [0.15, 0.2) is 48.5 Å². The minimum Gasteiger partial charge on any atom is -0.493 e. The van der Waals surface area contributed by atoms with Crippen LogP contribution in [0.1, 0.15) is 23.5 Å². The fourth-order valence-electron chi connectivity index (χ4n) is 3.04. The number of hydrogen-bond acceptors (Lipinski definition) is 2. The summed E-state index contributed by atoms with van der Waals surface area (Å²) in [6, 6.07) is 14.9. The van der Waals surface area contributed by atoms with Crippen LogP contribution in [-0.4, -0.2) is 13.2 Å². The van der Waals surface area contributed by atoms with E-state index in [1.807, 2.05) is 24.3 Å². The normalized spacial score (nSPS) is 18.1. The van der Waals surface area contributed by atoms with Gasteiger partial charge in [0.2, 0.25) is 0 Å². The summed E-state index contributed by atoms with van der Waals surface area (Å²) >= 11 is 0. The number of para-hydroxylation sites is 1. The molecule has 2 atom stereocenters. The quantitative estimate of drug-likeness (QED) is 0.912. The Morgan fingerprint density at radius 1 is 1.14 bits per heavy atom. The predicted octanol–water partition coefficient (Wildman–Crippen LogP) is 3.51. The summed E-state index contributed by atoms with van der Waals surface area (Å²) in [5.74, 6) is 1.60. The maximum absolute atomic E-state index is 13.0. The molecule has 1 aliphatic heterocycles. The lowest BCUT2D eigenvalue weighted by molar-refractivity contribution is 0.306. The van der Waals surface area contributed by atoms with E-state index in [-0.39, 0.29) is 5.82 Å². The minimum atomic E-state index is -0.193. The Balaban J connectivity index is 1.67. The second-order valence-corrected chi connectivity index (χ2v) is 5.71. The van der Waals surface area contributed by atoms with Crippen molar-refractivity contribution in [2.45, 2.75) is 18.8 Å². The van der Waals surface area contributed by atoms with Gasteiger partial charge in [0.1, 0.15) is 11.6 Å². The Morgan fingerprint density at radius 3 is 2.67 bits per heavy atom. The van der Waals surface area contributed by atoms with E-state index in [0.29, 0.717) is 18.4 Å². The highest BCUT2D eigenvalue weighted by atomic mass is 19.1. The molecule has 2 aromatic carbocycles. The highest BCUT2D eigenvalue weighted by molar-refractivity contribution is 5.39. The first kappa shape index (κ1) is 14.1. The first-order chi connectivity index (χ1) is 10.3. The Labute approximate surface area is 124 Å². The van der Waals surface area contributed by atoms with Crippen molar-refractivity contribution in [3.8, 4) is 5.75 Å². The highest BCUT2D eigenvalue weighted by Crippen LogP contribution is 2.37. The largest absolute Gasteiger partial charge is 0.493 e. The van der Waals surface area contributed by atoms with E-state index in [9.17, 15) is 4.39 Å². The van der Waals surface area contributed by atoms with Crippen LogP contribution < -0.4 is 10.5 Å². The molecule has 2 aromatic rings. The molecule has 2 unspecified atom stereocenters. The van der Waals surface area contributed by atoms with Crippen molar-refractivity contribution in [3.63, 3.8) is 0 Å². The summed E-state index contributed by atoms with van der Waals surface area (Å²) in [6.07, 6.45) is 1.89. The number of nitrogens with two attached hydrogens (primary N) is 1. The zero-order valence-corrected chi connectivity index (χ0v) is 12.0. The molecule has 3 rings (SSSR count). The van der Waals surface area contributed by atoms with Crippen LogP contribution in [0.2, 0.25) is 0 Å². The fraction of sp³-hybridized carbons (Fsp3) is 0.333. The molecule has 0 radical (unpaired) electrons. The molecule has 21 heavy (non-hydrogen) atoms. The minimum absolute atomic E-state index is 0.193. The van der Waals surface area contributed by atoms with E-state index >= 15 is 0 Å². The van der Waals surface area contributed by atoms with Gasteiger partial charge in [-0.2, -0.15) is 0 Å². The molecule has 2 N–H and O–H groups in total. The predicted molar refractivity (Wildman–Crippen MR) is 81.9 cm³/mol. The highest BCUT2D eigenvalue weighted by Gasteiger charge is 2.26. The smallest absolute Gasteiger partial charge is 0.123 e. The Hall–Kier alpha value is -1.87. The van der Waals surface area contributed by atoms with E-state index in [1.165, 1.54) is 17.7 Å². The Morgan fingerprint density at radius 2 is 1.90 bits per heavy atom. The molecule has 1 heterocycles. The van der Waals surface area contributed by atoms with E-state index in [2.05, 4.69) is 12.1 Å². The zero-order chi connectivity index (χ0) is 14.7. The van der Waals surface area contributed by atoms with Crippen LogP contribution in [-0.2, 0) is 6.42 Å². The van der Waals surface area contributed by atoms with Crippen LogP contribution in [0.5, 0.6) is 5.75 Å². The van der Waals surface area contributed by atoms with Gasteiger partial charge in [-0.15, -0.1) is 0 Å². The third-order valence-corrected chi connectivity index (χ3v) is 4.19. The molecule has 0 aromatic heterocycles. The number of benzene rings is 2. The Kier molecular flexibility index (Phi) is 4.20. The van der Waals surface area contributed by atoms with Crippen LogP contribution >= 0.6 is 0 Å². The molecular weight excluding hydrogens is 265 g/mol. The molecule has 0 spiro atoms. The second kappa shape index (κ2) is 6.27. The lowest BCUT2D eigenvalue weighted by Crippen LogP contribution is -2.20. The van der Waals surface area contributed by atoms with Gasteiger partial charge in [-0.1, -0.05) is 30.3 Å². The van der Waals surface area contributed by atoms with Crippen LogP contribution in [0.3, 0.4) is 0 Å². The van der Waals surface area contributed by atoms with E-state index < -0.39 is 0 Å². The van der Waals surface area contributed by atoms with Gasteiger partial charge in [0.15, 0.2) is 0 Å². The molecular formula is C18H20FNO.